The fraction of sp³-hybridized carbons (Fsp3) is 0.294. The van der Waals surface area contributed by atoms with E-state index in [9.17, 15) is 0 Å². The maximum absolute atomic E-state index is 2.90. The molecule has 98 valence electrons. The number of rotatable bonds is 3. The number of aryl methyl sites for hydroxylation is 1. The van der Waals surface area contributed by atoms with Gasteiger partial charge in [0, 0.05) is 0 Å². The van der Waals surface area contributed by atoms with E-state index in [2.05, 4.69) is 60.9 Å². The van der Waals surface area contributed by atoms with Gasteiger partial charge in [0.2, 0.25) is 0 Å². The predicted octanol–water partition coefficient (Wildman–Crippen LogP) is 4.63. The van der Waals surface area contributed by atoms with Crippen LogP contribution >= 0.6 is 18.5 Å². The van der Waals surface area contributed by atoms with Gasteiger partial charge in [-0.25, -0.2) is 0 Å². The second kappa shape index (κ2) is 5.74. The first-order chi connectivity index (χ1) is 9.31. The minimum absolute atomic E-state index is 0.742. The summed E-state index contributed by atoms with van der Waals surface area (Å²) in [5.74, 6) is 0.742. The predicted molar refractivity (Wildman–Crippen MR) is 90.9 cm³/mol. The Hall–Kier alpha value is -0.700. The lowest BCUT2D eigenvalue weighted by Crippen LogP contribution is -1.94. The Morgan fingerprint density at radius 1 is 0.947 bits per heavy atom. The van der Waals surface area contributed by atoms with Crippen LogP contribution in [0.4, 0.5) is 0 Å². The third kappa shape index (κ3) is 2.62. The molecule has 1 aliphatic rings. The number of fused-ring (bicyclic) bond motifs is 1. The summed E-state index contributed by atoms with van der Waals surface area (Å²) >= 11 is 0. The maximum atomic E-state index is 2.90. The largest absolute Gasteiger partial charge is 0.137 e. The molecule has 2 aromatic carbocycles. The van der Waals surface area contributed by atoms with Crippen molar-refractivity contribution in [3.63, 3.8) is 0 Å². The molecule has 0 nitrogen and oxygen atoms in total. The van der Waals surface area contributed by atoms with Crippen molar-refractivity contribution in [1.82, 2.24) is 0 Å². The minimum atomic E-state index is 0.742. The quantitative estimate of drug-likeness (QED) is 0.721. The summed E-state index contributed by atoms with van der Waals surface area (Å²) in [6, 6.07) is 15.9. The molecule has 0 radical (unpaired) electrons. The van der Waals surface area contributed by atoms with Crippen LogP contribution in [-0.2, 0) is 12.6 Å². The van der Waals surface area contributed by atoms with Crippen LogP contribution in [0.3, 0.4) is 0 Å². The van der Waals surface area contributed by atoms with Gasteiger partial charge in [0.05, 0.1) is 0 Å². The van der Waals surface area contributed by atoms with Gasteiger partial charge >= 0.3 is 0 Å². The summed E-state index contributed by atoms with van der Waals surface area (Å²) in [7, 11) is 5.68. The molecular weight excluding hydrogens is 266 g/mol. The zero-order chi connectivity index (χ0) is 13.2. The topological polar surface area (TPSA) is 0 Å². The van der Waals surface area contributed by atoms with E-state index in [1.54, 1.807) is 11.1 Å². The lowest BCUT2D eigenvalue weighted by atomic mass is 9.96. The van der Waals surface area contributed by atoms with Gasteiger partial charge in [0.25, 0.3) is 0 Å². The lowest BCUT2D eigenvalue weighted by molar-refractivity contribution is 0.757. The van der Waals surface area contributed by atoms with Crippen LogP contribution in [0.2, 0.25) is 0 Å². The fourth-order valence-electron chi connectivity index (χ4n) is 2.95. The molecule has 0 spiro atoms. The molecule has 0 saturated carbocycles. The summed E-state index contributed by atoms with van der Waals surface area (Å²) in [6.07, 6.45) is 4.77. The van der Waals surface area contributed by atoms with E-state index in [4.69, 9.17) is 0 Å². The van der Waals surface area contributed by atoms with Crippen LogP contribution < -0.4 is 0 Å². The molecule has 0 fully saturated rings. The summed E-state index contributed by atoms with van der Waals surface area (Å²) < 4.78 is 0. The summed E-state index contributed by atoms with van der Waals surface area (Å²) in [5, 5.41) is 0. The molecular formula is C17H20P2. The maximum Gasteiger partial charge on any atom is -0.0121 e. The minimum Gasteiger partial charge on any atom is -0.137 e. The molecule has 0 aliphatic heterocycles. The Morgan fingerprint density at radius 2 is 1.68 bits per heavy atom. The fourth-order valence-corrected chi connectivity index (χ4v) is 3.71. The highest BCUT2D eigenvalue weighted by molar-refractivity contribution is 7.16. The summed E-state index contributed by atoms with van der Waals surface area (Å²) in [5.41, 5.74) is 7.19. The van der Waals surface area contributed by atoms with Gasteiger partial charge in [-0.1, -0.05) is 42.5 Å². The molecule has 2 heteroatoms. The smallest absolute Gasteiger partial charge is 0.0121 e. The molecule has 2 aromatic rings. The number of hydrogen-bond donors (Lipinski definition) is 0. The van der Waals surface area contributed by atoms with Crippen molar-refractivity contribution >= 4 is 18.5 Å². The van der Waals surface area contributed by atoms with Crippen LogP contribution in [0.25, 0.3) is 11.1 Å². The number of hydrogen-bond acceptors (Lipinski definition) is 0. The van der Waals surface area contributed by atoms with Crippen molar-refractivity contribution in [2.24, 2.45) is 0 Å². The van der Waals surface area contributed by atoms with Crippen molar-refractivity contribution in [2.45, 2.75) is 24.9 Å². The monoisotopic (exact) mass is 286 g/mol. The van der Waals surface area contributed by atoms with Crippen molar-refractivity contribution < 1.29 is 0 Å². The second-order valence-electron chi connectivity index (χ2n) is 5.29. The van der Waals surface area contributed by atoms with Crippen LogP contribution in [0.15, 0.2) is 42.5 Å². The Balaban J connectivity index is 1.97. The average Bonchev–Trinajstić information content (AvgIpc) is 2.89. The van der Waals surface area contributed by atoms with Gasteiger partial charge in [0.1, 0.15) is 0 Å². The van der Waals surface area contributed by atoms with E-state index in [0.29, 0.717) is 0 Å². The highest BCUT2D eigenvalue weighted by Crippen LogP contribution is 2.36. The standard InChI is InChI=1S/C17H20P2/c18-10-12-1-3-13(4-2-12)15-7-5-14-6-8-16(11-19)17(14)9-15/h1-5,7,9,16H,6,8,10-11,18-19H2. The van der Waals surface area contributed by atoms with Gasteiger partial charge in [-0.2, -0.15) is 0 Å². The highest BCUT2D eigenvalue weighted by atomic mass is 31.0. The van der Waals surface area contributed by atoms with Gasteiger partial charge in [-0.3, -0.25) is 0 Å². The molecule has 0 heterocycles. The van der Waals surface area contributed by atoms with Crippen LogP contribution in [0, 0.1) is 0 Å². The molecule has 19 heavy (non-hydrogen) atoms. The van der Waals surface area contributed by atoms with Gasteiger partial charge in [-0.05, 0) is 58.9 Å². The zero-order valence-corrected chi connectivity index (χ0v) is 13.4. The zero-order valence-electron chi connectivity index (χ0n) is 11.1. The van der Waals surface area contributed by atoms with E-state index >= 15 is 0 Å². The van der Waals surface area contributed by atoms with Gasteiger partial charge in [-0.15, -0.1) is 18.5 Å². The van der Waals surface area contributed by atoms with Crippen LogP contribution in [0.1, 0.15) is 29.0 Å². The molecule has 3 rings (SSSR count). The first-order valence-electron chi connectivity index (χ1n) is 6.94. The highest BCUT2D eigenvalue weighted by Gasteiger charge is 2.21. The molecule has 3 atom stereocenters. The lowest BCUT2D eigenvalue weighted by Gasteiger charge is -2.11. The van der Waals surface area contributed by atoms with E-state index in [-0.39, 0.29) is 0 Å². The van der Waals surface area contributed by atoms with E-state index in [1.807, 2.05) is 0 Å². The molecule has 3 unspecified atom stereocenters. The normalized spacial score (nSPS) is 17.5. The summed E-state index contributed by atoms with van der Waals surface area (Å²) in [6.45, 7) is 0. The molecule has 0 saturated heterocycles. The van der Waals surface area contributed by atoms with Crippen molar-refractivity contribution in [3.05, 3.63) is 59.2 Å². The molecule has 0 N–H and O–H groups in total. The Morgan fingerprint density at radius 3 is 2.37 bits per heavy atom. The third-order valence-corrected chi connectivity index (χ3v) is 5.20. The Kier molecular flexibility index (Phi) is 4.01. The van der Waals surface area contributed by atoms with Crippen molar-refractivity contribution in [1.29, 1.82) is 0 Å². The van der Waals surface area contributed by atoms with Gasteiger partial charge < -0.3 is 0 Å². The Bertz CT molecular complexity index is 572. The third-order valence-electron chi connectivity index (χ3n) is 4.16. The van der Waals surface area contributed by atoms with E-state index in [1.165, 1.54) is 35.7 Å². The summed E-state index contributed by atoms with van der Waals surface area (Å²) in [4.78, 5) is 0. The molecule has 0 amide bonds. The average molecular weight is 286 g/mol. The first-order valence-corrected chi connectivity index (χ1v) is 8.57. The van der Waals surface area contributed by atoms with Gasteiger partial charge in [0.15, 0.2) is 0 Å². The molecule has 0 aromatic heterocycles. The molecule has 1 aliphatic carbocycles. The van der Waals surface area contributed by atoms with Crippen LogP contribution in [-0.4, -0.2) is 6.16 Å². The van der Waals surface area contributed by atoms with E-state index in [0.717, 1.165) is 12.1 Å². The SMILES string of the molecule is PCc1ccc(-c2ccc3c(c2)C(CP)CC3)cc1. The molecule has 0 bridgehead atoms. The van der Waals surface area contributed by atoms with Crippen LogP contribution in [0.5, 0.6) is 0 Å². The van der Waals surface area contributed by atoms with Crippen molar-refractivity contribution in [3.8, 4) is 11.1 Å². The number of benzene rings is 2. The first kappa shape index (κ1) is 13.3. The Labute approximate surface area is 120 Å². The van der Waals surface area contributed by atoms with Crippen molar-refractivity contribution in [2.75, 3.05) is 6.16 Å². The van der Waals surface area contributed by atoms with E-state index < -0.39 is 0 Å². The second-order valence-corrected chi connectivity index (χ2v) is 6.17.